The fourth-order valence-electron chi connectivity index (χ4n) is 1.59. The number of nitrogen functional groups attached to an aromatic ring is 1. The number of hydrogen-bond acceptors (Lipinski definition) is 3. The van der Waals surface area contributed by atoms with Gasteiger partial charge < -0.3 is 15.2 Å². The van der Waals surface area contributed by atoms with Gasteiger partial charge in [0.05, 0.1) is 21.7 Å². The minimum Gasteiger partial charge on any atom is -0.496 e. The van der Waals surface area contributed by atoms with Crippen molar-refractivity contribution in [1.29, 1.82) is 0 Å². The van der Waals surface area contributed by atoms with E-state index in [9.17, 15) is 0 Å². The van der Waals surface area contributed by atoms with E-state index < -0.39 is 0 Å². The van der Waals surface area contributed by atoms with E-state index in [1.807, 2.05) is 37.3 Å². The van der Waals surface area contributed by atoms with Gasteiger partial charge >= 0.3 is 0 Å². The first-order valence-electron chi connectivity index (χ1n) is 5.58. The van der Waals surface area contributed by atoms with Crippen LogP contribution in [0.4, 0.5) is 5.69 Å². The van der Waals surface area contributed by atoms with Gasteiger partial charge in [0.2, 0.25) is 0 Å². The van der Waals surface area contributed by atoms with Gasteiger partial charge in [-0.1, -0.05) is 6.07 Å². The number of benzene rings is 2. The summed E-state index contributed by atoms with van der Waals surface area (Å²) < 4.78 is 12.7. The molecule has 0 spiro atoms. The first-order chi connectivity index (χ1) is 9.01. The van der Waals surface area contributed by atoms with E-state index in [4.69, 9.17) is 15.2 Å². The van der Waals surface area contributed by atoms with Crippen LogP contribution in [0.1, 0.15) is 5.56 Å². The molecule has 2 N–H and O–H groups in total. The minimum atomic E-state index is 0.601. The molecule has 0 atom stereocenters. The van der Waals surface area contributed by atoms with Crippen LogP contribution < -0.4 is 15.2 Å². The minimum absolute atomic E-state index is 0.601. The van der Waals surface area contributed by atoms with Gasteiger partial charge in [-0.15, -0.1) is 0 Å². The number of nitrogens with two attached hydrogens (primary N) is 1. The Balaban J connectivity index is 2.38. The molecule has 0 saturated carbocycles. The summed E-state index contributed by atoms with van der Waals surface area (Å²) in [6.45, 7) is 1.99. The maximum Gasteiger partial charge on any atom is 0.150 e. The Morgan fingerprint density at radius 2 is 1.58 bits per heavy atom. The zero-order valence-corrected chi connectivity index (χ0v) is 13.7. The van der Waals surface area contributed by atoms with Crippen molar-refractivity contribution in [1.82, 2.24) is 0 Å². The molecule has 3 nitrogen and oxygen atoms in total. The lowest BCUT2D eigenvalue weighted by Crippen LogP contribution is -1.94. The van der Waals surface area contributed by atoms with Crippen molar-refractivity contribution in [2.75, 3.05) is 12.8 Å². The summed E-state index contributed by atoms with van der Waals surface area (Å²) in [5, 5.41) is 0. The second-order valence-electron chi connectivity index (χ2n) is 4.06. The van der Waals surface area contributed by atoms with Crippen LogP contribution in [0, 0.1) is 6.92 Å². The van der Waals surface area contributed by atoms with Gasteiger partial charge in [0.1, 0.15) is 11.5 Å². The molecule has 0 aliphatic carbocycles. The quantitative estimate of drug-likeness (QED) is 0.762. The monoisotopic (exact) mass is 385 g/mol. The van der Waals surface area contributed by atoms with Gasteiger partial charge in [-0.2, -0.15) is 0 Å². The summed E-state index contributed by atoms with van der Waals surface area (Å²) in [5.41, 5.74) is 7.60. The largest absolute Gasteiger partial charge is 0.496 e. The lowest BCUT2D eigenvalue weighted by Gasteiger charge is -2.12. The van der Waals surface area contributed by atoms with Crippen LogP contribution in [0.25, 0.3) is 0 Å². The van der Waals surface area contributed by atoms with Crippen LogP contribution in [0.5, 0.6) is 17.2 Å². The second kappa shape index (κ2) is 5.84. The molecule has 0 amide bonds. The van der Waals surface area contributed by atoms with Crippen molar-refractivity contribution in [2.45, 2.75) is 6.92 Å². The van der Waals surface area contributed by atoms with Gasteiger partial charge in [0.25, 0.3) is 0 Å². The Morgan fingerprint density at radius 3 is 2.26 bits per heavy atom. The molecule has 0 aliphatic rings. The van der Waals surface area contributed by atoms with Gasteiger partial charge in [0.15, 0.2) is 5.75 Å². The number of ether oxygens (including phenoxy) is 2. The van der Waals surface area contributed by atoms with Gasteiger partial charge in [-0.25, -0.2) is 0 Å². The average molecular weight is 387 g/mol. The molecule has 0 fully saturated rings. The van der Waals surface area contributed by atoms with Crippen LogP contribution in [0.3, 0.4) is 0 Å². The lowest BCUT2D eigenvalue weighted by molar-refractivity contribution is 0.409. The van der Waals surface area contributed by atoms with E-state index in [0.717, 1.165) is 20.3 Å². The molecule has 0 heterocycles. The predicted octanol–water partition coefficient (Wildman–Crippen LogP) is 4.90. The number of halogens is 2. The summed E-state index contributed by atoms with van der Waals surface area (Å²) >= 11 is 6.89. The van der Waals surface area contributed by atoms with Crippen LogP contribution in [-0.2, 0) is 0 Å². The summed E-state index contributed by atoms with van der Waals surface area (Å²) in [5.74, 6) is 2.04. The fraction of sp³-hybridized carbons (Fsp3) is 0.143. The number of aryl methyl sites for hydroxylation is 1. The van der Waals surface area contributed by atoms with E-state index in [2.05, 4.69) is 31.9 Å². The zero-order chi connectivity index (χ0) is 14.0. The normalized spacial score (nSPS) is 10.3. The van der Waals surface area contributed by atoms with Gasteiger partial charge in [-0.3, -0.25) is 0 Å². The molecule has 2 aromatic rings. The first kappa shape index (κ1) is 14.2. The lowest BCUT2D eigenvalue weighted by atomic mass is 10.2. The summed E-state index contributed by atoms with van der Waals surface area (Å²) in [6, 6.07) is 9.36. The van der Waals surface area contributed by atoms with Crippen molar-refractivity contribution in [3.05, 3.63) is 44.8 Å². The van der Waals surface area contributed by atoms with Crippen LogP contribution >= 0.6 is 31.9 Å². The molecule has 100 valence electrons. The highest BCUT2D eigenvalue weighted by Gasteiger charge is 2.10. The number of hydrogen-bond donors (Lipinski definition) is 1. The van der Waals surface area contributed by atoms with Crippen molar-refractivity contribution >= 4 is 37.5 Å². The van der Waals surface area contributed by atoms with Crippen LogP contribution in [0.2, 0.25) is 0 Å². The number of rotatable bonds is 3. The molecule has 2 rings (SSSR count). The van der Waals surface area contributed by atoms with E-state index in [0.29, 0.717) is 17.2 Å². The molecule has 0 aromatic heterocycles. The molecular weight excluding hydrogens is 374 g/mol. The van der Waals surface area contributed by atoms with Gasteiger partial charge in [-0.05, 0) is 68.6 Å². The predicted molar refractivity (Wildman–Crippen MR) is 84.1 cm³/mol. The van der Waals surface area contributed by atoms with E-state index in [-0.39, 0.29) is 0 Å². The average Bonchev–Trinajstić information content (AvgIpc) is 2.37. The molecule has 0 bridgehead atoms. The first-order valence-corrected chi connectivity index (χ1v) is 7.17. The molecule has 0 radical (unpaired) electrons. The Bertz CT molecular complexity index is 615. The fourth-order valence-corrected chi connectivity index (χ4v) is 2.48. The maximum atomic E-state index is 5.90. The Kier molecular flexibility index (Phi) is 4.37. The highest BCUT2D eigenvalue weighted by Crippen LogP contribution is 2.39. The topological polar surface area (TPSA) is 44.5 Å². The van der Waals surface area contributed by atoms with Crippen molar-refractivity contribution in [3.63, 3.8) is 0 Å². The van der Waals surface area contributed by atoms with Crippen LogP contribution in [0.15, 0.2) is 39.3 Å². The molecule has 5 heteroatoms. The summed E-state index contributed by atoms with van der Waals surface area (Å²) in [6.07, 6.45) is 0. The smallest absolute Gasteiger partial charge is 0.150 e. The molecular formula is C14H13Br2NO2. The third-order valence-electron chi connectivity index (χ3n) is 2.60. The Hall–Kier alpha value is -1.20. The highest BCUT2D eigenvalue weighted by atomic mass is 79.9. The maximum absolute atomic E-state index is 5.90. The molecule has 0 unspecified atom stereocenters. The number of anilines is 1. The molecule has 0 aliphatic heterocycles. The molecule has 19 heavy (non-hydrogen) atoms. The second-order valence-corrected chi connectivity index (χ2v) is 5.77. The highest BCUT2D eigenvalue weighted by molar-refractivity contribution is 9.11. The van der Waals surface area contributed by atoms with Crippen molar-refractivity contribution in [3.8, 4) is 17.2 Å². The third-order valence-corrected chi connectivity index (χ3v) is 3.83. The standard InChI is InChI=1S/C14H13Br2NO2/c1-8-3-4-11(17)14(5-8)19-13-7-9(15)12(18-2)6-10(13)16/h3-7H,17H2,1-2H3. The van der Waals surface area contributed by atoms with Crippen molar-refractivity contribution in [2.24, 2.45) is 0 Å². The molecule has 0 saturated heterocycles. The van der Waals surface area contributed by atoms with E-state index in [1.54, 1.807) is 7.11 Å². The van der Waals surface area contributed by atoms with Gasteiger partial charge in [0, 0.05) is 0 Å². The summed E-state index contributed by atoms with van der Waals surface area (Å²) in [4.78, 5) is 0. The van der Waals surface area contributed by atoms with E-state index in [1.165, 1.54) is 0 Å². The Morgan fingerprint density at radius 1 is 0.947 bits per heavy atom. The zero-order valence-electron chi connectivity index (χ0n) is 10.5. The summed E-state index contributed by atoms with van der Waals surface area (Å²) in [7, 11) is 1.62. The van der Waals surface area contributed by atoms with E-state index >= 15 is 0 Å². The number of methoxy groups -OCH3 is 1. The SMILES string of the molecule is COc1cc(Br)c(Oc2cc(C)ccc2N)cc1Br. The Labute approximate surface area is 129 Å². The molecule has 2 aromatic carbocycles. The van der Waals surface area contributed by atoms with Crippen LogP contribution in [-0.4, -0.2) is 7.11 Å². The van der Waals surface area contributed by atoms with Crippen molar-refractivity contribution < 1.29 is 9.47 Å². The third kappa shape index (κ3) is 3.22.